The van der Waals surface area contributed by atoms with E-state index < -0.39 is 0 Å². The maximum Gasteiger partial charge on any atom is 2.00 e. The molecule has 9 heteroatoms. The van der Waals surface area contributed by atoms with Crippen molar-refractivity contribution in [3.05, 3.63) is 70.9 Å². The van der Waals surface area contributed by atoms with E-state index in [0.717, 1.165) is 22.0 Å². The van der Waals surface area contributed by atoms with Gasteiger partial charge in [0, 0.05) is 5.02 Å². The summed E-state index contributed by atoms with van der Waals surface area (Å²) in [5, 5.41) is 6.16. The molecule has 0 amide bonds. The van der Waals surface area contributed by atoms with Gasteiger partial charge < -0.3 is 17.6 Å². The molecule has 0 saturated carbocycles. The van der Waals surface area contributed by atoms with Crippen molar-refractivity contribution in [1.82, 2.24) is 10.4 Å². The van der Waals surface area contributed by atoms with E-state index in [-0.39, 0.29) is 45.2 Å². The smallest absolute Gasteiger partial charge is 0.741 e. The maximum atomic E-state index is 6.07. The zero-order valence-electron chi connectivity index (χ0n) is 13.2. The predicted octanol–water partition coefficient (Wildman–Crippen LogP) is 4.32. The molecule has 0 aliphatic carbocycles. The summed E-state index contributed by atoms with van der Waals surface area (Å²) in [6.45, 7) is 0.419. The van der Waals surface area contributed by atoms with Crippen molar-refractivity contribution in [3.63, 3.8) is 0 Å². The number of para-hydroxylation sites is 1. The molecule has 140 valence electrons. The van der Waals surface area contributed by atoms with Crippen molar-refractivity contribution in [2.45, 2.75) is 6.54 Å². The molecule has 0 atom stereocenters. The molecule has 1 heterocycles. The minimum atomic E-state index is 0. The quantitative estimate of drug-likeness (QED) is 0.184. The van der Waals surface area contributed by atoms with Gasteiger partial charge in [-0.25, -0.2) is 0 Å². The van der Waals surface area contributed by atoms with Gasteiger partial charge in [-0.05, 0) is 27.7 Å². The molecule has 3 aromatic rings. The average molecular weight is 520 g/mol. The van der Waals surface area contributed by atoms with Crippen LogP contribution in [-0.2, 0) is 39.6 Å². The van der Waals surface area contributed by atoms with Gasteiger partial charge in [0.2, 0.25) is 0 Å². The van der Waals surface area contributed by atoms with Crippen LogP contribution in [0.1, 0.15) is 11.1 Å². The molecule has 0 saturated heterocycles. The Balaban J connectivity index is 0.00000208. The molecule has 0 spiro atoms. The molecule has 1 aromatic heterocycles. The largest absolute Gasteiger partial charge is 2.00 e. The second-order valence-corrected chi connectivity index (χ2v) is 5.61. The van der Waals surface area contributed by atoms with E-state index in [4.69, 9.17) is 24.2 Å². The van der Waals surface area contributed by atoms with E-state index in [2.05, 4.69) is 20.5 Å². The van der Waals surface area contributed by atoms with Crippen LogP contribution in [0.4, 0.5) is 0 Å². The SMILES string of the molecule is Cl.Cl.[Pd+2].[S-]C(=NCc1ccccc1Cl)N/N=C/c1c[n-]c2ccccc12. The fraction of sp³-hybridized carbons (Fsp3) is 0.0588. The number of nitrogens with zero attached hydrogens (tertiary/aromatic N) is 3. The molecule has 4 nitrogen and oxygen atoms in total. The Labute approximate surface area is 188 Å². The Bertz CT molecular complexity index is 883. The molecule has 3 rings (SSSR count). The number of nitrogens with one attached hydrogen (secondary N) is 1. The normalized spacial score (nSPS) is 10.7. The number of hydrazone groups is 1. The molecule has 0 unspecified atom stereocenters. The molecule has 0 aliphatic heterocycles. The van der Waals surface area contributed by atoms with Crippen molar-refractivity contribution < 1.29 is 20.4 Å². The molecule has 1 N–H and O–H groups in total. The van der Waals surface area contributed by atoms with E-state index in [9.17, 15) is 0 Å². The van der Waals surface area contributed by atoms with E-state index in [1.807, 2.05) is 48.5 Å². The summed E-state index contributed by atoms with van der Waals surface area (Å²) in [7, 11) is 0. The molecular weight excluding hydrogens is 505 g/mol. The van der Waals surface area contributed by atoms with Crippen LogP contribution in [0.3, 0.4) is 0 Å². The number of halogens is 3. The summed E-state index contributed by atoms with van der Waals surface area (Å²) in [5.41, 5.74) is 5.54. The van der Waals surface area contributed by atoms with Crippen LogP contribution >= 0.6 is 36.4 Å². The number of aliphatic imine (C=N–C) groups is 1. The Morgan fingerprint density at radius 1 is 1.12 bits per heavy atom. The number of hydrogen-bond acceptors (Lipinski definition) is 3. The van der Waals surface area contributed by atoms with Gasteiger partial charge in [0.25, 0.3) is 0 Å². The molecule has 0 aliphatic rings. The summed E-state index contributed by atoms with van der Waals surface area (Å²) in [6.07, 6.45) is 3.46. The van der Waals surface area contributed by atoms with E-state index in [1.165, 1.54) is 0 Å². The van der Waals surface area contributed by atoms with Crippen LogP contribution in [0.5, 0.6) is 0 Å². The van der Waals surface area contributed by atoms with Crippen LogP contribution in [0.25, 0.3) is 10.9 Å². The summed E-state index contributed by atoms with van der Waals surface area (Å²) in [4.78, 5) is 8.56. The molecule has 0 fully saturated rings. The number of rotatable bonds is 4. The van der Waals surface area contributed by atoms with Gasteiger partial charge in [0.1, 0.15) is 0 Å². The number of benzene rings is 2. The van der Waals surface area contributed by atoms with Crippen LogP contribution < -0.4 is 10.4 Å². The number of hydrogen-bond donors (Lipinski definition) is 1. The van der Waals surface area contributed by atoms with Gasteiger partial charge in [-0.3, -0.25) is 10.4 Å². The van der Waals surface area contributed by atoms with Gasteiger partial charge in [-0.2, -0.15) is 11.3 Å². The molecule has 2 aromatic carbocycles. The zero-order valence-corrected chi connectivity index (χ0v) is 18.0. The summed E-state index contributed by atoms with van der Waals surface area (Å²) >= 11 is 11.2. The summed E-state index contributed by atoms with van der Waals surface area (Å²) in [5.74, 6) is 0. The zero-order chi connectivity index (χ0) is 16.1. The minimum absolute atomic E-state index is 0. The Morgan fingerprint density at radius 2 is 1.81 bits per heavy atom. The van der Waals surface area contributed by atoms with Gasteiger partial charge in [-0.1, -0.05) is 54.1 Å². The number of fused-ring (bicyclic) bond motifs is 1. The van der Waals surface area contributed by atoms with E-state index >= 15 is 0 Å². The molecular formula is C17H15Cl3N4PdS. The first-order valence-corrected chi connectivity index (χ1v) is 7.77. The van der Waals surface area contributed by atoms with E-state index in [1.54, 1.807) is 12.4 Å². The van der Waals surface area contributed by atoms with Crippen molar-refractivity contribution in [1.29, 1.82) is 0 Å². The number of amidine groups is 1. The second-order valence-electron chi connectivity index (χ2n) is 4.81. The van der Waals surface area contributed by atoms with E-state index in [0.29, 0.717) is 16.7 Å². The van der Waals surface area contributed by atoms with Crippen LogP contribution in [-0.4, -0.2) is 11.4 Å². The first kappa shape index (κ1) is 24.9. The second kappa shape index (κ2) is 12.3. The Hall–Kier alpha value is -1.13. The molecule has 0 radical (unpaired) electrons. The third-order valence-corrected chi connectivity index (χ3v) is 3.86. The van der Waals surface area contributed by atoms with Gasteiger partial charge >= 0.3 is 20.4 Å². The molecule has 0 bridgehead atoms. The maximum absolute atomic E-state index is 6.07. The fourth-order valence-electron chi connectivity index (χ4n) is 2.12. The first-order chi connectivity index (χ1) is 11.2. The minimum Gasteiger partial charge on any atom is -0.741 e. The van der Waals surface area contributed by atoms with Crippen LogP contribution in [0.15, 0.2) is 64.8 Å². The van der Waals surface area contributed by atoms with Crippen molar-refractivity contribution in [3.8, 4) is 0 Å². The van der Waals surface area contributed by atoms with Crippen molar-refractivity contribution >= 4 is 71.3 Å². The Kier molecular flexibility index (Phi) is 11.8. The standard InChI is InChI=1S/C17H14ClN4S.2ClH.Pd/c18-15-7-3-1-5-12(15)9-20-17(23)22-21-11-13-10-19-16-8-4-2-6-14(13)16;;;/h1-8,10-11H,9H2,(H2-,19,20,21,22,23);2*1H;/q-1;;;+2/p-1. The summed E-state index contributed by atoms with van der Waals surface area (Å²) in [6, 6.07) is 15.4. The Morgan fingerprint density at radius 3 is 2.58 bits per heavy atom. The fourth-order valence-corrected chi connectivity index (χ4v) is 2.43. The third-order valence-electron chi connectivity index (χ3n) is 3.27. The van der Waals surface area contributed by atoms with Gasteiger partial charge in [0.15, 0.2) is 0 Å². The summed E-state index contributed by atoms with van der Waals surface area (Å²) < 4.78 is 0. The first-order valence-electron chi connectivity index (χ1n) is 6.98. The monoisotopic (exact) mass is 518 g/mol. The molecule has 26 heavy (non-hydrogen) atoms. The topological polar surface area (TPSA) is 50.9 Å². The average Bonchev–Trinajstić information content (AvgIpc) is 2.98. The van der Waals surface area contributed by atoms with Gasteiger partial charge in [-0.15, -0.1) is 30.3 Å². The number of aromatic nitrogens is 1. The van der Waals surface area contributed by atoms with Crippen LogP contribution in [0.2, 0.25) is 5.02 Å². The van der Waals surface area contributed by atoms with Gasteiger partial charge in [0.05, 0.1) is 12.8 Å². The van der Waals surface area contributed by atoms with Crippen molar-refractivity contribution in [2.24, 2.45) is 10.1 Å². The van der Waals surface area contributed by atoms with Crippen LogP contribution in [0, 0.1) is 0 Å². The van der Waals surface area contributed by atoms with Crippen molar-refractivity contribution in [2.75, 3.05) is 0 Å². The predicted molar refractivity (Wildman–Crippen MR) is 112 cm³/mol. The third kappa shape index (κ3) is 6.55.